The van der Waals surface area contributed by atoms with Gasteiger partial charge in [-0.1, -0.05) is 18.5 Å². The Morgan fingerprint density at radius 1 is 1.19 bits per heavy atom. The second-order valence-electron chi connectivity index (χ2n) is 6.30. The lowest BCUT2D eigenvalue weighted by Gasteiger charge is -2.21. The van der Waals surface area contributed by atoms with Crippen LogP contribution in [0.2, 0.25) is 5.02 Å². The van der Waals surface area contributed by atoms with Crippen LogP contribution < -0.4 is 5.56 Å². The number of hydrogen-bond acceptors (Lipinski definition) is 5. The SMILES string of the molecule is CCCN(Cc1nc2cc(Cl)ccc2c(=O)[nH]1)Cc1nc(C)ccc1O. The molecule has 3 aromatic rings. The molecule has 0 bridgehead atoms. The van der Waals surface area contributed by atoms with Gasteiger partial charge in [-0.3, -0.25) is 14.7 Å². The number of nitrogens with one attached hydrogen (secondary N) is 1. The van der Waals surface area contributed by atoms with Crippen LogP contribution in [0, 0.1) is 6.92 Å². The Morgan fingerprint density at radius 3 is 2.77 bits per heavy atom. The summed E-state index contributed by atoms with van der Waals surface area (Å²) in [5, 5.41) is 11.1. The van der Waals surface area contributed by atoms with Gasteiger partial charge >= 0.3 is 0 Å². The summed E-state index contributed by atoms with van der Waals surface area (Å²) in [6, 6.07) is 8.46. The topological polar surface area (TPSA) is 82.1 Å². The highest BCUT2D eigenvalue weighted by molar-refractivity contribution is 6.31. The summed E-state index contributed by atoms with van der Waals surface area (Å²) in [6.45, 7) is 5.66. The van der Waals surface area contributed by atoms with Gasteiger partial charge in [0, 0.05) is 17.3 Å². The van der Waals surface area contributed by atoms with Gasteiger partial charge in [0.25, 0.3) is 5.56 Å². The van der Waals surface area contributed by atoms with Crippen LogP contribution >= 0.6 is 11.6 Å². The van der Waals surface area contributed by atoms with Crippen LogP contribution in [0.5, 0.6) is 5.75 Å². The van der Waals surface area contributed by atoms with Gasteiger partial charge in [0.2, 0.25) is 0 Å². The van der Waals surface area contributed by atoms with Gasteiger partial charge in [0.05, 0.1) is 23.1 Å². The Kier molecular flexibility index (Phi) is 5.54. The average molecular weight is 373 g/mol. The van der Waals surface area contributed by atoms with Gasteiger partial charge in [-0.05, 0) is 50.2 Å². The third-order valence-corrected chi connectivity index (χ3v) is 4.33. The largest absolute Gasteiger partial charge is 0.506 e. The second kappa shape index (κ2) is 7.85. The number of benzene rings is 1. The molecule has 0 fully saturated rings. The number of aromatic nitrogens is 3. The van der Waals surface area contributed by atoms with Gasteiger partial charge in [0.15, 0.2) is 0 Å². The molecule has 26 heavy (non-hydrogen) atoms. The fourth-order valence-electron chi connectivity index (χ4n) is 2.91. The molecule has 0 spiro atoms. The van der Waals surface area contributed by atoms with E-state index in [1.54, 1.807) is 30.3 Å². The van der Waals surface area contributed by atoms with Crippen molar-refractivity contribution in [2.75, 3.05) is 6.54 Å². The number of aryl methyl sites for hydroxylation is 1. The molecule has 2 aromatic heterocycles. The molecule has 0 aliphatic carbocycles. The summed E-state index contributed by atoms with van der Waals surface area (Å²) in [4.78, 5) is 26.2. The number of halogens is 1. The van der Waals surface area contributed by atoms with E-state index in [0.29, 0.717) is 40.5 Å². The van der Waals surface area contributed by atoms with E-state index in [2.05, 4.69) is 26.8 Å². The predicted molar refractivity (Wildman–Crippen MR) is 102 cm³/mol. The van der Waals surface area contributed by atoms with E-state index < -0.39 is 0 Å². The van der Waals surface area contributed by atoms with Crippen molar-refractivity contribution in [3.63, 3.8) is 0 Å². The van der Waals surface area contributed by atoms with Crippen LogP contribution in [-0.4, -0.2) is 31.5 Å². The quantitative estimate of drug-likeness (QED) is 0.693. The lowest BCUT2D eigenvalue weighted by molar-refractivity contribution is 0.244. The van der Waals surface area contributed by atoms with Crippen molar-refractivity contribution in [1.29, 1.82) is 0 Å². The van der Waals surface area contributed by atoms with E-state index >= 15 is 0 Å². The molecule has 0 unspecified atom stereocenters. The highest BCUT2D eigenvalue weighted by Gasteiger charge is 2.13. The molecule has 0 saturated heterocycles. The molecule has 0 radical (unpaired) electrons. The first kappa shape index (κ1) is 18.4. The Morgan fingerprint density at radius 2 is 2.00 bits per heavy atom. The Bertz CT molecular complexity index is 987. The number of aromatic hydroxyl groups is 1. The van der Waals surface area contributed by atoms with Crippen molar-refractivity contribution in [3.8, 4) is 5.75 Å². The minimum atomic E-state index is -0.186. The average Bonchev–Trinajstić information content (AvgIpc) is 2.58. The molecule has 0 amide bonds. The first-order valence-electron chi connectivity index (χ1n) is 8.52. The molecule has 2 heterocycles. The summed E-state index contributed by atoms with van der Waals surface area (Å²) in [6.07, 6.45) is 0.927. The minimum Gasteiger partial charge on any atom is -0.506 e. The van der Waals surface area contributed by atoms with Crippen LogP contribution in [0.3, 0.4) is 0 Å². The van der Waals surface area contributed by atoms with Crippen molar-refractivity contribution < 1.29 is 5.11 Å². The van der Waals surface area contributed by atoms with Gasteiger partial charge in [-0.15, -0.1) is 0 Å². The lowest BCUT2D eigenvalue weighted by Crippen LogP contribution is -2.27. The van der Waals surface area contributed by atoms with Crippen molar-refractivity contribution in [2.45, 2.75) is 33.4 Å². The molecule has 2 N–H and O–H groups in total. The van der Waals surface area contributed by atoms with Gasteiger partial charge in [0.1, 0.15) is 11.6 Å². The first-order chi connectivity index (χ1) is 12.5. The molecule has 0 saturated carbocycles. The molecule has 1 aromatic carbocycles. The van der Waals surface area contributed by atoms with Crippen LogP contribution in [-0.2, 0) is 13.1 Å². The fourth-order valence-corrected chi connectivity index (χ4v) is 3.08. The third-order valence-electron chi connectivity index (χ3n) is 4.09. The zero-order chi connectivity index (χ0) is 18.7. The molecule has 7 heteroatoms. The molecule has 0 aliphatic heterocycles. The van der Waals surface area contributed by atoms with Crippen LogP contribution in [0.25, 0.3) is 10.9 Å². The number of aromatic amines is 1. The van der Waals surface area contributed by atoms with Crippen LogP contribution in [0.4, 0.5) is 0 Å². The number of fused-ring (bicyclic) bond motifs is 1. The zero-order valence-electron chi connectivity index (χ0n) is 14.8. The van der Waals surface area contributed by atoms with Gasteiger partial charge in [-0.2, -0.15) is 0 Å². The van der Waals surface area contributed by atoms with Crippen LogP contribution in [0.15, 0.2) is 35.1 Å². The van der Waals surface area contributed by atoms with E-state index in [9.17, 15) is 9.90 Å². The Hall–Kier alpha value is -2.44. The van der Waals surface area contributed by atoms with Gasteiger partial charge < -0.3 is 10.1 Å². The summed E-state index contributed by atoms with van der Waals surface area (Å²) in [7, 11) is 0. The standard InChI is InChI=1S/C19H21ClN4O2/c1-3-8-24(10-16-17(25)7-4-12(2)21-16)11-18-22-15-9-13(20)5-6-14(15)19(26)23-18/h4-7,9,25H,3,8,10-11H2,1-2H3,(H,22,23,26). The van der Waals surface area contributed by atoms with Crippen LogP contribution in [0.1, 0.15) is 30.6 Å². The molecular formula is C19H21ClN4O2. The smallest absolute Gasteiger partial charge is 0.258 e. The third kappa shape index (κ3) is 4.20. The lowest BCUT2D eigenvalue weighted by atomic mass is 10.2. The summed E-state index contributed by atoms with van der Waals surface area (Å²) < 4.78 is 0. The van der Waals surface area contributed by atoms with Crippen molar-refractivity contribution in [1.82, 2.24) is 19.9 Å². The molecule has 0 atom stereocenters. The number of rotatable bonds is 6. The van der Waals surface area contributed by atoms with E-state index in [1.165, 1.54) is 0 Å². The number of hydrogen-bond donors (Lipinski definition) is 2. The highest BCUT2D eigenvalue weighted by atomic mass is 35.5. The Labute approximate surface area is 156 Å². The number of H-pyrrole nitrogens is 1. The summed E-state index contributed by atoms with van der Waals surface area (Å²) in [5.41, 5.74) is 1.85. The van der Waals surface area contributed by atoms with E-state index in [4.69, 9.17) is 11.6 Å². The zero-order valence-corrected chi connectivity index (χ0v) is 15.5. The van der Waals surface area contributed by atoms with Gasteiger partial charge in [-0.25, -0.2) is 4.98 Å². The molecule has 6 nitrogen and oxygen atoms in total. The molecule has 136 valence electrons. The molecular weight excluding hydrogens is 352 g/mol. The predicted octanol–water partition coefficient (Wildman–Crippen LogP) is 3.40. The maximum Gasteiger partial charge on any atom is 0.258 e. The van der Waals surface area contributed by atoms with E-state index in [0.717, 1.165) is 18.7 Å². The maximum atomic E-state index is 12.3. The monoisotopic (exact) mass is 372 g/mol. The molecule has 0 aliphatic rings. The molecule has 3 rings (SSSR count). The van der Waals surface area contributed by atoms with Crippen molar-refractivity contribution in [3.05, 3.63) is 62.9 Å². The Balaban J connectivity index is 1.89. The summed E-state index contributed by atoms with van der Waals surface area (Å²) >= 11 is 6.02. The minimum absolute atomic E-state index is 0.170. The maximum absolute atomic E-state index is 12.3. The van der Waals surface area contributed by atoms with Crippen molar-refractivity contribution in [2.24, 2.45) is 0 Å². The second-order valence-corrected chi connectivity index (χ2v) is 6.74. The summed E-state index contributed by atoms with van der Waals surface area (Å²) in [5.74, 6) is 0.730. The number of pyridine rings is 1. The van der Waals surface area contributed by atoms with E-state index in [1.807, 2.05) is 6.92 Å². The normalized spacial score (nSPS) is 11.4. The number of nitrogens with zero attached hydrogens (tertiary/aromatic N) is 3. The fraction of sp³-hybridized carbons (Fsp3) is 0.316. The van der Waals surface area contributed by atoms with E-state index in [-0.39, 0.29) is 11.3 Å². The van der Waals surface area contributed by atoms with Crippen molar-refractivity contribution >= 4 is 22.5 Å². The first-order valence-corrected chi connectivity index (χ1v) is 8.90. The highest BCUT2D eigenvalue weighted by Crippen LogP contribution is 2.19.